The average molecular weight is 411 g/mol. The van der Waals surface area contributed by atoms with Crippen molar-refractivity contribution in [3.63, 3.8) is 0 Å². The molecule has 0 bridgehead atoms. The van der Waals surface area contributed by atoms with Crippen LogP contribution >= 0.6 is 31.9 Å². The van der Waals surface area contributed by atoms with Gasteiger partial charge in [-0.3, -0.25) is 4.79 Å². The maximum atomic E-state index is 12.4. The fourth-order valence-corrected chi connectivity index (χ4v) is 2.73. The van der Waals surface area contributed by atoms with E-state index in [2.05, 4.69) is 44.1 Å². The van der Waals surface area contributed by atoms with E-state index in [9.17, 15) is 4.79 Å². The number of amides is 1. The van der Waals surface area contributed by atoms with Crippen molar-refractivity contribution in [1.29, 1.82) is 0 Å². The predicted molar refractivity (Wildman–Crippen MR) is 93.5 cm³/mol. The molecule has 0 aromatic heterocycles. The van der Waals surface area contributed by atoms with Crippen LogP contribution in [0.1, 0.15) is 40.9 Å². The van der Waals surface area contributed by atoms with Crippen molar-refractivity contribution < 1.29 is 4.79 Å². The average Bonchev–Trinajstić information content (AvgIpc) is 2.48. The summed E-state index contributed by atoms with van der Waals surface area (Å²) in [6.07, 6.45) is 0.848. The molecule has 2 nitrogen and oxygen atoms in total. The van der Waals surface area contributed by atoms with E-state index in [1.165, 1.54) is 0 Å². The summed E-state index contributed by atoms with van der Waals surface area (Å²) >= 11 is 6.89. The molecule has 1 amide bonds. The highest BCUT2D eigenvalue weighted by Gasteiger charge is 2.14. The molecule has 0 heterocycles. The number of hydrogen-bond acceptors (Lipinski definition) is 1. The fraction of sp³-hybridized carbons (Fsp3) is 0.235. The van der Waals surface area contributed by atoms with E-state index in [1.54, 1.807) is 0 Å². The zero-order valence-corrected chi connectivity index (χ0v) is 15.2. The van der Waals surface area contributed by atoms with E-state index in [1.807, 2.05) is 49.4 Å². The van der Waals surface area contributed by atoms with Crippen LogP contribution in [0.3, 0.4) is 0 Å². The van der Waals surface area contributed by atoms with Gasteiger partial charge in [0.05, 0.1) is 6.04 Å². The van der Waals surface area contributed by atoms with E-state index in [0.29, 0.717) is 5.56 Å². The van der Waals surface area contributed by atoms with Crippen LogP contribution in [-0.2, 0) is 0 Å². The van der Waals surface area contributed by atoms with Crippen LogP contribution < -0.4 is 5.32 Å². The molecule has 0 saturated heterocycles. The van der Waals surface area contributed by atoms with E-state index < -0.39 is 0 Å². The summed E-state index contributed by atoms with van der Waals surface area (Å²) in [5, 5.41) is 3.09. The lowest BCUT2D eigenvalue weighted by molar-refractivity contribution is 0.0935. The van der Waals surface area contributed by atoms with Crippen molar-refractivity contribution in [3.05, 3.63) is 68.1 Å². The molecule has 110 valence electrons. The van der Waals surface area contributed by atoms with E-state index in [-0.39, 0.29) is 11.9 Å². The zero-order valence-electron chi connectivity index (χ0n) is 12.0. The second-order valence-electron chi connectivity index (χ2n) is 4.95. The van der Waals surface area contributed by atoms with Gasteiger partial charge in [0.1, 0.15) is 0 Å². The van der Waals surface area contributed by atoms with Gasteiger partial charge in [-0.2, -0.15) is 0 Å². The summed E-state index contributed by atoms with van der Waals surface area (Å²) in [6, 6.07) is 13.7. The van der Waals surface area contributed by atoms with Gasteiger partial charge in [-0.1, -0.05) is 57.0 Å². The minimum absolute atomic E-state index is 0.0191. The molecular formula is C17H17Br2NO. The number of hydrogen-bond donors (Lipinski definition) is 1. The van der Waals surface area contributed by atoms with Crippen molar-refractivity contribution >= 4 is 37.8 Å². The second kappa shape index (κ2) is 7.23. The predicted octanol–water partition coefficient (Wildman–Crippen LogP) is 5.40. The molecular weight excluding hydrogens is 394 g/mol. The van der Waals surface area contributed by atoms with Gasteiger partial charge < -0.3 is 5.32 Å². The summed E-state index contributed by atoms with van der Waals surface area (Å²) < 4.78 is 1.99. The molecule has 2 aromatic carbocycles. The van der Waals surface area contributed by atoms with E-state index >= 15 is 0 Å². The zero-order chi connectivity index (χ0) is 15.4. The highest BCUT2D eigenvalue weighted by Crippen LogP contribution is 2.21. The summed E-state index contributed by atoms with van der Waals surface area (Å²) in [7, 11) is 0. The highest BCUT2D eigenvalue weighted by molar-refractivity contribution is 9.10. The van der Waals surface area contributed by atoms with Gasteiger partial charge in [-0.05, 0) is 48.7 Å². The summed E-state index contributed by atoms with van der Waals surface area (Å²) in [5.41, 5.74) is 2.90. The minimum atomic E-state index is -0.0505. The third-order valence-electron chi connectivity index (χ3n) is 3.42. The second-order valence-corrected chi connectivity index (χ2v) is 6.72. The molecule has 0 fully saturated rings. The van der Waals surface area contributed by atoms with E-state index in [4.69, 9.17) is 0 Å². The summed E-state index contributed by atoms with van der Waals surface area (Å²) in [6.45, 7) is 4.07. The number of aryl methyl sites for hydroxylation is 1. The topological polar surface area (TPSA) is 29.1 Å². The summed E-state index contributed by atoms with van der Waals surface area (Å²) in [4.78, 5) is 12.4. The molecule has 0 radical (unpaired) electrons. The Balaban J connectivity index is 2.15. The van der Waals surface area contributed by atoms with Crippen LogP contribution in [0.4, 0.5) is 0 Å². The molecule has 0 saturated carbocycles. The molecule has 1 atom stereocenters. The van der Waals surface area contributed by atoms with E-state index in [0.717, 1.165) is 26.5 Å². The number of rotatable bonds is 4. The number of nitrogens with one attached hydrogen (secondary N) is 1. The summed E-state index contributed by atoms with van der Waals surface area (Å²) in [5.74, 6) is -0.0505. The first-order chi connectivity index (χ1) is 10.0. The van der Waals surface area contributed by atoms with Crippen LogP contribution in [-0.4, -0.2) is 5.91 Å². The molecule has 0 aliphatic heterocycles. The Morgan fingerprint density at radius 3 is 2.38 bits per heavy atom. The standard InChI is InChI=1S/C17H17Br2NO/c1-3-16(12-6-8-14(18)9-7-12)20-17(21)13-5-4-11(2)15(19)10-13/h4-10,16H,3H2,1-2H3,(H,20,21). The van der Waals surface area contributed by atoms with Gasteiger partial charge >= 0.3 is 0 Å². The van der Waals surface area contributed by atoms with Gasteiger partial charge in [-0.25, -0.2) is 0 Å². The van der Waals surface area contributed by atoms with Gasteiger partial charge in [0.2, 0.25) is 0 Å². The largest absolute Gasteiger partial charge is 0.345 e. The Morgan fingerprint density at radius 1 is 1.14 bits per heavy atom. The Kier molecular flexibility index (Phi) is 5.59. The van der Waals surface area contributed by atoms with Crippen LogP contribution in [0.5, 0.6) is 0 Å². The van der Waals surface area contributed by atoms with Gasteiger partial charge in [0, 0.05) is 14.5 Å². The molecule has 21 heavy (non-hydrogen) atoms. The quantitative estimate of drug-likeness (QED) is 0.717. The normalized spacial score (nSPS) is 12.0. The molecule has 1 N–H and O–H groups in total. The van der Waals surface area contributed by atoms with Crippen LogP contribution in [0.25, 0.3) is 0 Å². The maximum absolute atomic E-state index is 12.4. The molecule has 1 unspecified atom stereocenters. The van der Waals surface area contributed by atoms with Gasteiger partial charge in [0.25, 0.3) is 5.91 Å². The first kappa shape index (κ1) is 16.2. The lowest BCUT2D eigenvalue weighted by Crippen LogP contribution is -2.28. The maximum Gasteiger partial charge on any atom is 0.251 e. The number of benzene rings is 2. The number of carbonyl (C=O) groups is 1. The first-order valence-corrected chi connectivity index (χ1v) is 8.42. The van der Waals surface area contributed by atoms with Crippen LogP contribution in [0.15, 0.2) is 51.4 Å². The lowest BCUT2D eigenvalue weighted by atomic mass is 10.0. The van der Waals surface area contributed by atoms with Crippen molar-refractivity contribution in [2.24, 2.45) is 0 Å². The minimum Gasteiger partial charge on any atom is -0.345 e. The third kappa shape index (κ3) is 4.17. The monoisotopic (exact) mass is 409 g/mol. The Bertz CT molecular complexity index is 638. The Morgan fingerprint density at radius 2 is 1.81 bits per heavy atom. The first-order valence-electron chi connectivity index (χ1n) is 6.83. The van der Waals surface area contributed by atoms with Crippen molar-refractivity contribution in [3.8, 4) is 0 Å². The molecule has 0 spiro atoms. The van der Waals surface area contributed by atoms with Gasteiger partial charge in [-0.15, -0.1) is 0 Å². The van der Waals surface area contributed by atoms with Crippen LogP contribution in [0.2, 0.25) is 0 Å². The van der Waals surface area contributed by atoms with Crippen molar-refractivity contribution in [1.82, 2.24) is 5.32 Å². The number of carbonyl (C=O) groups excluding carboxylic acids is 1. The molecule has 2 aromatic rings. The molecule has 4 heteroatoms. The van der Waals surface area contributed by atoms with Crippen molar-refractivity contribution in [2.45, 2.75) is 26.3 Å². The SMILES string of the molecule is CCC(NC(=O)c1ccc(C)c(Br)c1)c1ccc(Br)cc1. The lowest BCUT2D eigenvalue weighted by Gasteiger charge is -2.18. The highest BCUT2D eigenvalue weighted by atomic mass is 79.9. The van der Waals surface area contributed by atoms with Crippen LogP contribution in [0, 0.1) is 6.92 Å². The molecule has 0 aliphatic rings. The van der Waals surface area contributed by atoms with Gasteiger partial charge in [0.15, 0.2) is 0 Å². The number of halogens is 2. The third-order valence-corrected chi connectivity index (χ3v) is 4.80. The molecule has 2 rings (SSSR count). The smallest absolute Gasteiger partial charge is 0.251 e. The molecule has 0 aliphatic carbocycles. The fourth-order valence-electron chi connectivity index (χ4n) is 2.09. The van der Waals surface area contributed by atoms with Crippen molar-refractivity contribution in [2.75, 3.05) is 0 Å². The Labute approximate surface area is 142 Å². The Hall–Kier alpha value is -1.13.